The van der Waals surface area contributed by atoms with Crippen molar-refractivity contribution in [2.75, 3.05) is 0 Å². The molecule has 2 atom stereocenters. The second-order valence-corrected chi connectivity index (χ2v) is 6.32. The maximum absolute atomic E-state index is 12.4. The standard InChI is InChI=1S/C20H22O6/c1-11(9-12(2)21)19-17(24)8-6-15(20(19)26)16(23)7-4-13-3-5-14(22)10-18(13)25/h3-8,10-12,21-22,24-26H,9H2,1-2H3. The predicted molar refractivity (Wildman–Crippen MR) is 97.6 cm³/mol. The molecular weight excluding hydrogens is 336 g/mol. The van der Waals surface area contributed by atoms with Crippen molar-refractivity contribution in [2.24, 2.45) is 0 Å². The smallest absolute Gasteiger partial charge is 0.189 e. The summed E-state index contributed by atoms with van der Waals surface area (Å²) in [6, 6.07) is 6.61. The zero-order chi connectivity index (χ0) is 19.4. The van der Waals surface area contributed by atoms with Crippen molar-refractivity contribution in [3.05, 3.63) is 53.1 Å². The van der Waals surface area contributed by atoms with Gasteiger partial charge in [-0.3, -0.25) is 4.79 Å². The van der Waals surface area contributed by atoms with Gasteiger partial charge >= 0.3 is 0 Å². The second kappa shape index (κ2) is 7.93. The molecule has 0 aliphatic carbocycles. The zero-order valence-corrected chi connectivity index (χ0v) is 14.5. The van der Waals surface area contributed by atoms with Gasteiger partial charge in [0.25, 0.3) is 0 Å². The van der Waals surface area contributed by atoms with E-state index in [2.05, 4.69) is 0 Å². The summed E-state index contributed by atoms with van der Waals surface area (Å²) < 4.78 is 0. The normalized spacial score (nSPS) is 13.7. The average molecular weight is 358 g/mol. The molecule has 0 saturated heterocycles. The lowest BCUT2D eigenvalue weighted by molar-refractivity contribution is 0.104. The Morgan fingerprint density at radius 2 is 1.73 bits per heavy atom. The maximum atomic E-state index is 12.4. The maximum Gasteiger partial charge on any atom is 0.189 e. The van der Waals surface area contributed by atoms with E-state index in [-0.39, 0.29) is 40.0 Å². The molecule has 0 amide bonds. The van der Waals surface area contributed by atoms with Crippen LogP contribution in [0.1, 0.15) is 47.7 Å². The molecule has 0 aliphatic rings. The summed E-state index contributed by atoms with van der Waals surface area (Å²) in [4.78, 5) is 12.4. The number of aliphatic hydroxyl groups is 1. The van der Waals surface area contributed by atoms with Crippen LogP contribution in [0, 0.1) is 0 Å². The molecule has 5 N–H and O–H groups in total. The number of carbonyl (C=O) groups excluding carboxylic acids is 1. The number of phenols is 4. The first-order valence-electron chi connectivity index (χ1n) is 8.18. The van der Waals surface area contributed by atoms with Crippen molar-refractivity contribution in [3.8, 4) is 23.0 Å². The Hall–Kier alpha value is -2.99. The molecular formula is C20H22O6. The largest absolute Gasteiger partial charge is 0.508 e. The van der Waals surface area contributed by atoms with E-state index in [0.29, 0.717) is 12.0 Å². The molecule has 2 unspecified atom stereocenters. The Morgan fingerprint density at radius 3 is 2.35 bits per heavy atom. The third kappa shape index (κ3) is 4.34. The minimum atomic E-state index is -0.625. The van der Waals surface area contributed by atoms with Gasteiger partial charge in [-0.05, 0) is 55.7 Å². The number of aromatic hydroxyl groups is 4. The molecule has 0 spiro atoms. The molecule has 0 saturated carbocycles. The number of rotatable bonds is 6. The van der Waals surface area contributed by atoms with Crippen LogP contribution in [0.25, 0.3) is 6.08 Å². The van der Waals surface area contributed by atoms with Crippen molar-refractivity contribution < 1.29 is 30.3 Å². The Morgan fingerprint density at radius 1 is 1.04 bits per heavy atom. The zero-order valence-electron chi connectivity index (χ0n) is 14.5. The van der Waals surface area contributed by atoms with Gasteiger partial charge in [0, 0.05) is 17.2 Å². The monoisotopic (exact) mass is 358 g/mol. The number of hydrogen-bond donors (Lipinski definition) is 5. The molecule has 0 heterocycles. The van der Waals surface area contributed by atoms with Crippen molar-refractivity contribution in [2.45, 2.75) is 32.3 Å². The number of ketones is 1. The van der Waals surface area contributed by atoms with Gasteiger partial charge in [0.1, 0.15) is 23.0 Å². The van der Waals surface area contributed by atoms with E-state index in [4.69, 9.17) is 0 Å². The van der Waals surface area contributed by atoms with Gasteiger partial charge in [-0.2, -0.15) is 0 Å². The van der Waals surface area contributed by atoms with Crippen LogP contribution in [0.15, 0.2) is 36.4 Å². The van der Waals surface area contributed by atoms with Gasteiger partial charge in [0.2, 0.25) is 0 Å². The van der Waals surface area contributed by atoms with Crippen LogP contribution >= 0.6 is 0 Å². The van der Waals surface area contributed by atoms with Crippen LogP contribution in [-0.2, 0) is 0 Å². The van der Waals surface area contributed by atoms with Crippen molar-refractivity contribution in [1.82, 2.24) is 0 Å². The van der Waals surface area contributed by atoms with Gasteiger partial charge < -0.3 is 25.5 Å². The van der Waals surface area contributed by atoms with Crippen molar-refractivity contribution in [1.29, 1.82) is 0 Å². The van der Waals surface area contributed by atoms with Crippen LogP contribution in [0.2, 0.25) is 0 Å². The van der Waals surface area contributed by atoms with Gasteiger partial charge in [0.15, 0.2) is 5.78 Å². The van der Waals surface area contributed by atoms with Gasteiger partial charge in [-0.1, -0.05) is 6.92 Å². The van der Waals surface area contributed by atoms with E-state index < -0.39 is 11.9 Å². The van der Waals surface area contributed by atoms with E-state index in [1.165, 1.54) is 36.4 Å². The van der Waals surface area contributed by atoms with E-state index in [9.17, 15) is 30.3 Å². The average Bonchev–Trinajstić information content (AvgIpc) is 2.53. The first-order valence-corrected chi connectivity index (χ1v) is 8.18. The van der Waals surface area contributed by atoms with Crippen molar-refractivity contribution >= 4 is 11.9 Å². The van der Waals surface area contributed by atoms with Gasteiger partial charge in [-0.25, -0.2) is 0 Å². The molecule has 2 rings (SSSR count). The number of hydrogen-bond acceptors (Lipinski definition) is 6. The topological polar surface area (TPSA) is 118 Å². The SMILES string of the molecule is CC(O)CC(C)c1c(O)ccc(C(=O)C=Cc2ccc(O)cc2O)c1O. The minimum Gasteiger partial charge on any atom is -0.508 e. The van der Waals surface area contributed by atoms with Crippen LogP contribution in [0.3, 0.4) is 0 Å². The van der Waals surface area contributed by atoms with Crippen molar-refractivity contribution in [3.63, 3.8) is 0 Å². The predicted octanol–water partition coefficient (Wildman–Crippen LogP) is 3.28. The summed E-state index contributed by atoms with van der Waals surface area (Å²) in [7, 11) is 0. The molecule has 0 aliphatic heterocycles. The third-order valence-corrected chi connectivity index (χ3v) is 4.08. The third-order valence-electron chi connectivity index (χ3n) is 4.08. The number of carbonyl (C=O) groups is 1. The number of phenolic OH excluding ortho intramolecular Hbond substituents is 4. The summed E-state index contributed by atoms with van der Waals surface area (Å²) >= 11 is 0. The number of benzene rings is 2. The van der Waals surface area contributed by atoms with E-state index in [1.807, 2.05) is 0 Å². The van der Waals surface area contributed by atoms with E-state index in [1.54, 1.807) is 13.8 Å². The molecule has 2 aromatic carbocycles. The molecule has 138 valence electrons. The summed E-state index contributed by atoms with van der Waals surface area (Å²) in [5.41, 5.74) is 0.541. The highest BCUT2D eigenvalue weighted by Crippen LogP contribution is 2.38. The Balaban J connectivity index is 2.33. The molecule has 0 aromatic heterocycles. The lowest BCUT2D eigenvalue weighted by Crippen LogP contribution is -2.07. The van der Waals surface area contributed by atoms with Gasteiger partial charge in [0.05, 0.1) is 11.7 Å². The highest BCUT2D eigenvalue weighted by atomic mass is 16.3. The van der Waals surface area contributed by atoms with E-state index in [0.717, 1.165) is 6.07 Å². The van der Waals surface area contributed by atoms with E-state index >= 15 is 0 Å². The molecule has 6 nitrogen and oxygen atoms in total. The Kier molecular flexibility index (Phi) is 5.90. The lowest BCUT2D eigenvalue weighted by atomic mass is 9.91. The Bertz CT molecular complexity index is 838. The first-order chi connectivity index (χ1) is 12.2. The summed E-state index contributed by atoms with van der Waals surface area (Å²) in [6.45, 7) is 3.34. The summed E-state index contributed by atoms with van der Waals surface area (Å²) in [5, 5.41) is 49.0. The molecule has 0 bridgehead atoms. The fraction of sp³-hybridized carbons (Fsp3) is 0.250. The van der Waals surface area contributed by atoms with Crippen LogP contribution < -0.4 is 0 Å². The highest BCUT2D eigenvalue weighted by molar-refractivity contribution is 6.09. The molecule has 2 aromatic rings. The number of aliphatic hydroxyl groups excluding tert-OH is 1. The Labute approximate surface area is 151 Å². The van der Waals surface area contributed by atoms with Crippen LogP contribution in [0.5, 0.6) is 23.0 Å². The molecule has 0 radical (unpaired) electrons. The first kappa shape index (κ1) is 19.3. The second-order valence-electron chi connectivity index (χ2n) is 6.32. The fourth-order valence-corrected chi connectivity index (χ4v) is 2.84. The molecule has 26 heavy (non-hydrogen) atoms. The lowest BCUT2D eigenvalue weighted by Gasteiger charge is -2.18. The highest BCUT2D eigenvalue weighted by Gasteiger charge is 2.21. The van der Waals surface area contributed by atoms with Gasteiger partial charge in [-0.15, -0.1) is 0 Å². The van der Waals surface area contributed by atoms with Crippen LogP contribution in [-0.4, -0.2) is 37.4 Å². The quantitative estimate of drug-likeness (QED) is 0.399. The fourth-order valence-electron chi connectivity index (χ4n) is 2.84. The van der Waals surface area contributed by atoms with Crippen LogP contribution in [0.4, 0.5) is 0 Å². The minimum absolute atomic E-state index is 0.00441. The molecule has 0 fully saturated rings. The summed E-state index contributed by atoms with van der Waals surface area (Å²) in [6.07, 6.45) is 2.24. The number of allylic oxidation sites excluding steroid dienone is 1. The summed E-state index contributed by atoms with van der Waals surface area (Å²) in [5.74, 6) is -1.63. The molecule has 6 heteroatoms.